The van der Waals surface area contributed by atoms with E-state index in [0.717, 1.165) is 5.75 Å². The molecule has 0 spiro atoms. The minimum Gasteiger partial charge on any atom is -0.508 e. The SMILES string of the molecule is CC(C)(C)c1ccc(Oc2cc(O)cc(Cl)c2)cc1. The van der Waals surface area contributed by atoms with Gasteiger partial charge in [-0.2, -0.15) is 0 Å². The highest BCUT2D eigenvalue weighted by atomic mass is 35.5. The standard InChI is InChI=1S/C16H17ClO2/c1-16(2,3)11-4-6-14(7-5-11)19-15-9-12(17)8-13(18)10-15/h4-10,18H,1-3H3. The molecule has 0 aliphatic carbocycles. The van der Waals surface area contributed by atoms with Crippen molar-refractivity contribution in [1.82, 2.24) is 0 Å². The van der Waals surface area contributed by atoms with E-state index in [4.69, 9.17) is 16.3 Å². The van der Waals surface area contributed by atoms with Crippen LogP contribution in [-0.4, -0.2) is 5.11 Å². The molecule has 19 heavy (non-hydrogen) atoms. The maximum atomic E-state index is 9.46. The van der Waals surface area contributed by atoms with E-state index >= 15 is 0 Å². The van der Waals surface area contributed by atoms with Crippen molar-refractivity contribution < 1.29 is 9.84 Å². The topological polar surface area (TPSA) is 29.5 Å². The summed E-state index contributed by atoms with van der Waals surface area (Å²) >= 11 is 5.86. The molecule has 0 atom stereocenters. The van der Waals surface area contributed by atoms with E-state index in [-0.39, 0.29) is 11.2 Å². The predicted octanol–water partition coefficient (Wildman–Crippen LogP) is 5.14. The van der Waals surface area contributed by atoms with Crippen LogP contribution in [0.2, 0.25) is 5.02 Å². The molecule has 3 heteroatoms. The fourth-order valence-electron chi connectivity index (χ4n) is 1.77. The molecule has 0 aromatic heterocycles. The van der Waals surface area contributed by atoms with E-state index in [9.17, 15) is 5.11 Å². The zero-order chi connectivity index (χ0) is 14.0. The summed E-state index contributed by atoms with van der Waals surface area (Å²) in [5, 5.41) is 9.90. The van der Waals surface area contributed by atoms with Gasteiger partial charge < -0.3 is 9.84 Å². The van der Waals surface area contributed by atoms with Crippen LogP contribution in [0.25, 0.3) is 0 Å². The minimum atomic E-state index is 0.0915. The summed E-state index contributed by atoms with van der Waals surface area (Å²) < 4.78 is 5.66. The van der Waals surface area contributed by atoms with Crippen molar-refractivity contribution in [3.8, 4) is 17.2 Å². The fourth-order valence-corrected chi connectivity index (χ4v) is 1.99. The molecule has 0 amide bonds. The first-order valence-corrected chi connectivity index (χ1v) is 6.50. The molecule has 2 nitrogen and oxygen atoms in total. The lowest BCUT2D eigenvalue weighted by Crippen LogP contribution is -2.10. The van der Waals surface area contributed by atoms with E-state index < -0.39 is 0 Å². The smallest absolute Gasteiger partial charge is 0.132 e. The highest BCUT2D eigenvalue weighted by Gasteiger charge is 2.13. The Morgan fingerprint density at radius 1 is 0.947 bits per heavy atom. The highest BCUT2D eigenvalue weighted by Crippen LogP contribution is 2.30. The number of phenols is 1. The van der Waals surface area contributed by atoms with Gasteiger partial charge in [0.25, 0.3) is 0 Å². The van der Waals surface area contributed by atoms with E-state index in [1.54, 1.807) is 6.07 Å². The number of hydrogen-bond donors (Lipinski definition) is 1. The molecule has 2 rings (SSSR count). The fraction of sp³-hybridized carbons (Fsp3) is 0.250. The summed E-state index contributed by atoms with van der Waals surface area (Å²) in [6, 6.07) is 12.6. The lowest BCUT2D eigenvalue weighted by atomic mass is 9.87. The third kappa shape index (κ3) is 3.65. The van der Waals surface area contributed by atoms with Crippen molar-refractivity contribution in [2.45, 2.75) is 26.2 Å². The second-order valence-corrected chi connectivity index (χ2v) is 5.96. The summed E-state index contributed by atoms with van der Waals surface area (Å²) in [5.41, 5.74) is 1.36. The first kappa shape index (κ1) is 13.8. The largest absolute Gasteiger partial charge is 0.508 e. The summed E-state index contributed by atoms with van der Waals surface area (Å²) in [7, 11) is 0. The molecular weight excluding hydrogens is 260 g/mol. The summed E-state index contributed by atoms with van der Waals surface area (Å²) in [4.78, 5) is 0. The normalized spacial score (nSPS) is 11.4. The molecule has 0 aliphatic heterocycles. The van der Waals surface area contributed by atoms with Gasteiger partial charge in [0.05, 0.1) is 0 Å². The Labute approximate surface area is 118 Å². The Morgan fingerprint density at radius 2 is 1.58 bits per heavy atom. The Kier molecular flexibility index (Phi) is 3.72. The summed E-state index contributed by atoms with van der Waals surface area (Å²) in [6.45, 7) is 6.49. The van der Waals surface area contributed by atoms with Gasteiger partial charge in [0.1, 0.15) is 17.2 Å². The van der Waals surface area contributed by atoms with Crippen LogP contribution >= 0.6 is 11.6 Å². The molecule has 2 aromatic rings. The lowest BCUT2D eigenvalue weighted by molar-refractivity contribution is 0.455. The van der Waals surface area contributed by atoms with Crippen molar-refractivity contribution in [2.24, 2.45) is 0 Å². The number of aromatic hydroxyl groups is 1. The van der Waals surface area contributed by atoms with Gasteiger partial charge in [-0.05, 0) is 35.2 Å². The predicted molar refractivity (Wildman–Crippen MR) is 78.3 cm³/mol. The van der Waals surface area contributed by atoms with Gasteiger partial charge in [0.2, 0.25) is 0 Å². The molecule has 0 aliphatic rings. The van der Waals surface area contributed by atoms with E-state index in [1.165, 1.54) is 17.7 Å². The minimum absolute atomic E-state index is 0.0915. The van der Waals surface area contributed by atoms with Crippen LogP contribution in [0.5, 0.6) is 17.2 Å². The third-order valence-electron chi connectivity index (χ3n) is 2.81. The number of halogens is 1. The Bertz CT molecular complexity index is 548. The molecule has 0 heterocycles. The molecule has 0 fully saturated rings. The van der Waals surface area contributed by atoms with Gasteiger partial charge in [-0.15, -0.1) is 0 Å². The number of benzene rings is 2. The van der Waals surface area contributed by atoms with Crippen molar-refractivity contribution in [3.05, 3.63) is 53.1 Å². The van der Waals surface area contributed by atoms with Crippen molar-refractivity contribution in [3.63, 3.8) is 0 Å². The average molecular weight is 277 g/mol. The van der Waals surface area contributed by atoms with Gasteiger partial charge in [0.15, 0.2) is 0 Å². The second kappa shape index (κ2) is 5.14. The van der Waals surface area contributed by atoms with Crippen LogP contribution in [0.4, 0.5) is 0 Å². The summed E-state index contributed by atoms with van der Waals surface area (Å²) in [6.07, 6.45) is 0. The van der Waals surface area contributed by atoms with E-state index in [1.807, 2.05) is 24.3 Å². The molecular formula is C16H17ClO2. The maximum Gasteiger partial charge on any atom is 0.132 e. The van der Waals surface area contributed by atoms with Crippen LogP contribution < -0.4 is 4.74 Å². The van der Waals surface area contributed by atoms with Crippen LogP contribution in [0.1, 0.15) is 26.3 Å². The van der Waals surface area contributed by atoms with Crippen molar-refractivity contribution in [1.29, 1.82) is 0 Å². The number of hydrogen-bond acceptors (Lipinski definition) is 2. The highest BCUT2D eigenvalue weighted by molar-refractivity contribution is 6.30. The maximum absolute atomic E-state index is 9.46. The molecule has 0 unspecified atom stereocenters. The van der Waals surface area contributed by atoms with E-state index in [2.05, 4.69) is 20.8 Å². The molecule has 0 saturated carbocycles. The number of rotatable bonds is 2. The van der Waals surface area contributed by atoms with Gasteiger partial charge in [-0.1, -0.05) is 44.5 Å². The van der Waals surface area contributed by atoms with Crippen molar-refractivity contribution in [2.75, 3.05) is 0 Å². The van der Waals surface area contributed by atoms with E-state index in [0.29, 0.717) is 10.8 Å². The van der Waals surface area contributed by atoms with Crippen LogP contribution in [0, 0.1) is 0 Å². The first-order chi connectivity index (χ1) is 8.84. The molecule has 1 N–H and O–H groups in total. The number of ether oxygens (including phenoxy) is 1. The van der Waals surface area contributed by atoms with Gasteiger partial charge in [0, 0.05) is 11.1 Å². The zero-order valence-corrected chi connectivity index (χ0v) is 12.0. The van der Waals surface area contributed by atoms with Gasteiger partial charge in [-0.25, -0.2) is 0 Å². The molecule has 100 valence electrons. The Morgan fingerprint density at radius 3 is 2.11 bits per heavy atom. The average Bonchev–Trinajstić information content (AvgIpc) is 2.26. The van der Waals surface area contributed by atoms with Gasteiger partial charge in [-0.3, -0.25) is 0 Å². The molecule has 0 saturated heterocycles. The second-order valence-electron chi connectivity index (χ2n) is 5.52. The Balaban J connectivity index is 2.20. The third-order valence-corrected chi connectivity index (χ3v) is 3.03. The summed E-state index contributed by atoms with van der Waals surface area (Å²) in [5.74, 6) is 1.33. The van der Waals surface area contributed by atoms with Crippen molar-refractivity contribution >= 4 is 11.6 Å². The molecule has 2 aromatic carbocycles. The lowest BCUT2D eigenvalue weighted by Gasteiger charge is -2.19. The van der Waals surface area contributed by atoms with Gasteiger partial charge >= 0.3 is 0 Å². The number of phenolic OH excluding ortho intramolecular Hbond substituents is 1. The first-order valence-electron chi connectivity index (χ1n) is 6.12. The van der Waals surface area contributed by atoms with Crippen LogP contribution in [-0.2, 0) is 5.41 Å². The Hall–Kier alpha value is -1.67. The quantitative estimate of drug-likeness (QED) is 0.823. The molecule has 0 radical (unpaired) electrons. The molecule has 0 bridgehead atoms. The van der Waals surface area contributed by atoms with Crippen LogP contribution in [0.15, 0.2) is 42.5 Å². The zero-order valence-electron chi connectivity index (χ0n) is 11.3. The monoisotopic (exact) mass is 276 g/mol. The van der Waals surface area contributed by atoms with Crippen LogP contribution in [0.3, 0.4) is 0 Å².